The van der Waals surface area contributed by atoms with Crippen LogP contribution in [0.4, 0.5) is 18.9 Å². The highest BCUT2D eigenvalue weighted by Crippen LogP contribution is 2.41. The molecule has 0 unspecified atom stereocenters. The van der Waals surface area contributed by atoms with Gasteiger partial charge in [0.2, 0.25) is 0 Å². The number of nitrogens with zero attached hydrogens (tertiary/aromatic N) is 1. The summed E-state index contributed by atoms with van der Waals surface area (Å²) >= 11 is 3.01. The molecule has 2 rings (SSSR count). The van der Waals surface area contributed by atoms with Crippen LogP contribution in [-0.2, 0) is 6.18 Å². The van der Waals surface area contributed by atoms with Crippen LogP contribution in [0.2, 0.25) is 0 Å². The number of hydrogen-bond acceptors (Lipinski definition) is 4. The topological polar surface area (TPSA) is 64.8 Å². The minimum Gasteiger partial charge on any atom is -0.411 e. The summed E-state index contributed by atoms with van der Waals surface area (Å²) in [7, 11) is 0. The van der Waals surface area contributed by atoms with Crippen LogP contribution in [-0.4, -0.2) is 28.2 Å². The van der Waals surface area contributed by atoms with Crippen molar-refractivity contribution in [2.45, 2.75) is 37.6 Å². The van der Waals surface area contributed by atoms with Crippen LogP contribution in [0.15, 0.2) is 21.8 Å². The molecule has 3 N–H and O–H groups in total. The lowest BCUT2D eigenvalue weighted by molar-refractivity contribution is -0.137. The third-order valence-corrected chi connectivity index (χ3v) is 3.81. The molecule has 0 aliphatic heterocycles. The van der Waals surface area contributed by atoms with E-state index in [1.54, 1.807) is 6.92 Å². The fraction of sp³-hybridized carbons (Fsp3) is 0.462. The van der Waals surface area contributed by atoms with Crippen molar-refractivity contribution in [3.63, 3.8) is 0 Å². The molecular weight excluding hydrogens is 353 g/mol. The van der Waals surface area contributed by atoms with Gasteiger partial charge in [0, 0.05) is 16.1 Å². The van der Waals surface area contributed by atoms with Gasteiger partial charge in [-0.25, -0.2) is 0 Å². The molecule has 8 heteroatoms. The number of rotatable bonds is 3. The first-order valence-electron chi connectivity index (χ1n) is 6.19. The molecule has 1 aromatic rings. The zero-order valence-electron chi connectivity index (χ0n) is 11.1. The molecule has 0 amide bonds. The number of hydrogen-bond donors (Lipinski definition) is 3. The first-order valence-corrected chi connectivity index (χ1v) is 6.99. The number of anilines is 1. The van der Waals surface area contributed by atoms with Crippen molar-refractivity contribution >= 4 is 27.8 Å². The number of benzene rings is 1. The molecule has 0 atom stereocenters. The Hall–Kier alpha value is -1.28. The highest BCUT2D eigenvalue weighted by Gasteiger charge is 2.41. The lowest BCUT2D eigenvalue weighted by atomic mass is 9.77. The van der Waals surface area contributed by atoms with Gasteiger partial charge in [-0.05, 0) is 31.9 Å². The van der Waals surface area contributed by atoms with Crippen molar-refractivity contribution < 1.29 is 23.5 Å². The molecule has 1 fully saturated rings. The normalized spacial score (nSPS) is 25.9. The molecule has 116 valence electrons. The maximum absolute atomic E-state index is 13.2. The second-order valence-corrected chi connectivity index (χ2v) is 6.32. The zero-order chi connectivity index (χ0) is 15.8. The smallest absolute Gasteiger partial charge is 0.411 e. The minimum atomic E-state index is -4.55. The SMILES string of the molecule is CC1(O)CC(Nc2c(C=NO)cc(Br)cc2C(F)(F)F)C1. The van der Waals surface area contributed by atoms with Gasteiger partial charge >= 0.3 is 6.18 Å². The standard InChI is InChI=1S/C13H14BrF3N2O2/c1-12(20)4-9(5-12)19-11-7(6-18-21)2-8(14)3-10(11)13(15,16)17/h2-3,6,9,19-21H,4-5H2,1H3. The average molecular weight is 367 g/mol. The minimum absolute atomic E-state index is 0.116. The zero-order valence-corrected chi connectivity index (χ0v) is 12.7. The maximum atomic E-state index is 13.2. The molecular formula is C13H14BrF3N2O2. The van der Waals surface area contributed by atoms with E-state index in [0.29, 0.717) is 12.8 Å². The second-order valence-electron chi connectivity index (χ2n) is 5.41. The van der Waals surface area contributed by atoms with E-state index in [2.05, 4.69) is 26.4 Å². The van der Waals surface area contributed by atoms with Crippen molar-refractivity contribution in [1.82, 2.24) is 0 Å². The van der Waals surface area contributed by atoms with Gasteiger partial charge in [-0.15, -0.1) is 0 Å². The molecule has 0 saturated heterocycles. The first kappa shape index (κ1) is 16.1. The molecule has 0 bridgehead atoms. The number of alkyl halides is 3. The van der Waals surface area contributed by atoms with Gasteiger partial charge in [-0.3, -0.25) is 0 Å². The Kier molecular flexibility index (Phi) is 4.21. The Bertz CT molecular complexity index is 565. The Morgan fingerprint density at radius 1 is 1.43 bits per heavy atom. The predicted molar refractivity (Wildman–Crippen MR) is 75.8 cm³/mol. The maximum Gasteiger partial charge on any atom is 0.418 e. The van der Waals surface area contributed by atoms with Crippen LogP contribution in [0, 0.1) is 0 Å². The van der Waals surface area contributed by atoms with E-state index in [4.69, 9.17) is 5.21 Å². The number of halogens is 4. The largest absolute Gasteiger partial charge is 0.418 e. The molecule has 0 heterocycles. The predicted octanol–water partition coefficient (Wildman–Crippen LogP) is 3.60. The highest BCUT2D eigenvalue weighted by atomic mass is 79.9. The van der Waals surface area contributed by atoms with Crippen molar-refractivity contribution in [1.29, 1.82) is 0 Å². The van der Waals surface area contributed by atoms with Gasteiger partial charge in [0.15, 0.2) is 0 Å². The number of aliphatic hydroxyl groups is 1. The summed E-state index contributed by atoms with van der Waals surface area (Å²) in [5, 5.41) is 23.9. The molecule has 1 saturated carbocycles. The van der Waals surface area contributed by atoms with Gasteiger partial charge in [0.1, 0.15) is 0 Å². The summed E-state index contributed by atoms with van der Waals surface area (Å²) in [4.78, 5) is 0. The third-order valence-electron chi connectivity index (χ3n) is 3.36. The van der Waals surface area contributed by atoms with Crippen LogP contribution in [0.1, 0.15) is 30.9 Å². The monoisotopic (exact) mass is 366 g/mol. The Balaban J connectivity index is 2.40. The van der Waals surface area contributed by atoms with E-state index in [1.165, 1.54) is 6.07 Å². The molecule has 4 nitrogen and oxygen atoms in total. The first-order chi connectivity index (χ1) is 9.62. The average Bonchev–Trinajstić information content (AvgIpc) is 2.28. The summed E-state index contributed by atoms with van der Waals surface area (Å²) < 4.78 is 39.7. The Morgan fingerprint density at radius 3 is 2.52 bits per heavy atom. The number of nitrogens with one attached hydrogen (secondary N) is 1. The van der Waals surface area contributed by atoms with Crippen molar-refractivity contribution in [3.05, 3.63) is 27.7 Å². The summed E-state index contributed by atoms with van der Waals surface area (Å²) in [6.07, 6.45) is -2.89. The molecule has 1 aromatic carbocycles. The van der Waals surface area contributed by atoms with Gasteiger partial charge in [0.25, 0.3) is 0 Å². The van der Waals surface area contributed by atoms with Crippen LogP contribution in [0.25, 0.3) is 0 Å². The van der Waals surface area contributed by atoms with Gasteiger partial charge in [-0.1, -0.05) is 21.1 Å². The van der Waals surface area contributed by atoms with E-state index < -0.39 is 17.3 Å². The van der Waals surface area contributed by atoms with Crippen LogP contribution >= 0.6 is 15.9 Å². The highest BCUT2D eigenvalue weighted by molar-refractivity contribution is 9.10. The molecule has 0 spiro atoms. The second kappa shape index (κ2) is 5.49. The van der Waals surface area contributed by atoms with Crippen molar-refractivity contribution in [2.24, 2.45) is 5.16 Å². The van der Waals surface area contributed by atoms with Crippen molar-refractivity contribution in [2.75, 3.05) is 5.32 Å². The van der Waals surface area contributed by atoms with Crippen LogP contribution in [0.5, 0.6) is 0 Å². The van der Waals surface area contributed by atoms with E-state index in [9.17, 15) is 18.3 Å². The molecule has 0 radical (unpaired) electrons. The fourth-order valence-corrected chi connectivity index (χ4v) is 2.96. The molecule has 21 heavy (non-hydrogen) atoms. The van der Waals surface area contributed by atoms with E-state index in [1.807, 2.05) is 0 Å². The van der Waals surface area contributed by atoms with Crippen LogP contribution in [0.3, 0.4) is 0 Å². The molecule has 1 aliphatic carbocycles. The summed E-state index contributed by atoms with van der Waals surface area (Å²) in [5.74, 6) is 0. The lowest BCUT2D eigenvalue weighted by Crippen LogP contribution is -2.48. The van der Waals surface area contributed by atoms with Crippen LogP contribution < -0.4 is 5.32 Å². The Labute approximate surface area is 127 Å². The van der Waals surface area contributed by atoms with E-state index >= 15 is 0 Å². The third kappa shape index (κ3) is 3.68. The molecule has 0 aromatic heterocycles. The number of oxime groups is 1. The van der Waals surface area contributed by atoms with E-state index in [-0.39, 0.29) is 21.8 Å². The lowest BCUT2D eigenvalue weighted by Gasteiger charge is -2.42. The van der Waals surface area contributed by atoms with Gasteiger partial charge < -0.3 is 15.6 Å². The van der Waals surface area contributed by atoms with Gasteiger partial charge in [-0.2, -0.15) is 13.2 Å². The fourth-order valence-electron chi connectivity index (χ4n) is 2.48. The summed E-state index contributed by atoms with van der Waals surface area (Å²) in [6, 6.07) is 2.13. The van der Waals surface area contributed by atoms with Crippen molar-refractivity contribution in [3.8, 4) is 0 Å². The molecule has 1 aliphatic rings. The quantitative estimate of drug-likeness (QED) is 0.435. The summed E-state index contributed by atoms with van der Waals surface area (Å²) in [5.41, 5.74) is -1.73. The summed E-state index contributed by atoms with van der Waals surface area (Å²) in [6.45, 7) is 1.63. The van der Waals surface area contributed by atoms with E-state index in [0.717, 1.165) is 12.3 Å². The van der Waals surface area contributed by atoms with Gasteiger partial charge in [0.05, 0.1) is 23.1 Å². The Morgan fingerprint density at radius 2 is 2.05 bits per heavy atom.